The zero-order valence-electron chi connectivity index (χ0n) is 18.6. The van der Waals surface area contributed by atoms with Gasteiger partial charge in [-0.3, -0.25) is 4.79 Å². The van der Waals surface area contributed by atoms with Gasteiger partial charge in [-0.1, -0.05) is 20.3 Å². The van der Waals surface area contributed by atoms with Crippen LogP contribution in [0.3, 0.4) is 0 Å². The molecule has 9 nitrogen and oxygen atoms in total. The molecule has 1 saturated carbocycles. The van der Waals surface area contributed by atoms with Crippen LogP contribution in [0.2, 0.25) is 0 Å². The van der Waals surface area contributed by atoms with Crippen molar-refractivity contribution < 1.29 is 18.0 Å². The summed E-state index contributed by atoms with van der Waals surface area (Å²) >= 11 is 0. The predicted molar refractivity (Wildman–Crippen MR) is 116 cm³/mol. The number of hydrogen-bond donors (Lipinski definition) is 3. The molecule has 2 aliphatic rings. The number of hydrogen-bond acceptors (Lipinski definition) is 7. The van der Waals surface area contributed by atoms with Crippen molar-refractivity contribution >= 4 is 29.2 Å². The summed E-state index contributed by atoms with van der Waals surface area (Å²) in [6.07, 6.45) is -1.77. The topological polar surface area (TPSA) is 114 Å². The Kier molecular flexibility index (Phi) is 6.79. The number of aromatic nitrogens is 4. The third-order valence-corrected chi connectivity index (χ3v) is 5.18. The van der Waals surface area contributed by atoms with Crippen molar-refractivity contribution in [2.24, 2.45) is 5.92 Å². The Balaban J connectivity index is 0.000000913. The molecule has 1 aliphatic carbocycles. The minimum Gasteiger partial charge on any atom is -0.384 e. The van der Waals surface area contributed by atoms with Crippen molar-refractivity contribution in [1.29, 1.82) is 0 Å². The summed E-state index contributed by atoms with van der Waals surface area (Å²) < 4.78 is 39.4. The summed E-state index contributed by atoms with van der Waals surface area (Å²) in [5, 5.41) is 9.61. The Labute approximate surface area is 184 Å². The summed E-state index contributed by atoms with van der Waals surface area (Å²) in [4.78, 5) is 22.3. The highest BCUT2D eigenvalue weighted by atomic mass is 19.4. The number of aryl methyl sites for hydroxylation is 1. The predicted octanol–water partition coefficient (Wildman–Crippen LogP) is 3.28. The number of halogens is 3. The number of carbonyl (C=O) groups is 1. The average molecular weight is 455 g/mol. The van der Waals surface area contributed by atoms with Gasteiger partial charge in [0.05, 0.1) is 12.2 Å². The van der Waals surface area contributed by atoms with Crippen LogP contribution in [0.1, 0.15) is 44.5 Å². The zero-order chi connectivity index (χ0) is 23.6. The molecule has 1 fully saturated rings. The molecule has 4 N–H and O–H groups in total. The number of anilines is 4. The largest absolute Gasteiger partial charge is 0.435 e. The fourth-order valence-electron chi connectivity index (χ4n) is 3.66. The quantitative estimate of drug-likeness (QED) is 0.650. The number of amides is 1. The van der Waals surface area contributed by atoms with E-state index in [2.05, 4.69) is 39.5 Å². The third-order valence-electron chi connectivity index (χ3n) is 5.18. The van der Waals surface area contributed by atoms with E-state index < -0.39 is 11.9 Å². The second-order valence-corrected chi connectivity index (χ2v) is 8.26. The molecule has 1 aliphatic heterocycles. The van der Waals surface area contributed by atoms with Crippen LogP contribution in [0.5, 0.6) is 0 Å². The fourth-order valence-corrected chi connectivity index (χ4v) is 3.66. The summed E-state index contributed by atoms with van der Waals surface area (Å²) in [7, 11) is 1.79. The number of likely N-dealkylation sites (N-methyl/N-ethyl adjacent to an activating group) is 1. The molecule has 0 radical (unpaired) electrons. The highest BCUT2D eigenvalue weighted by Gasteiger charge is 2.36. The molecule has 0 atom stereocenters. The van der Waals surface area contributed by atoms with E-state index in [1.165, 1.54) is 11.1 Å². The number of nitrogens with two attached hydrogens (primary N) is 1. The van der Waals surface area contributed by atoms with Crippen LogP contribution in [-0.4, -0.2) is 45.3 Å². The Morgan fingerprint density at radius 2 is 1.94 bits per heavy atom. The number of nitrogens with one attached hydrogen (secondary N) is 2. The number of fused-ring (bicyclic) bond motifs is 1. The molecule has 0 aromatic carbocycles. The summed E-state index contributed by atoms with van der Waals surface area (Å²) in [5.41, 5.74) is 5.95. The van der Waals surface area contributed by atoms with Crippen molar-refractivity contribution in [2.45, 2.75) is 58.8 Å². The molecular formula is C20H29F3N8O. The number of nitrogens with zero attached hydrogens (tertiary/aromatic N) is 5. The van der Waals surface area contributed by atoms with Crippen LogP contribution in [-0.2, 0) is 17.5 Å². The van der Waals surface area contributed by atoms with Crippen molar-refractivity contribution in [3.05, 3.63) is 17.5 Å². The maximum absolute atomic E-state index is 12.7. The third kappa shape index (κ3) is 5.22. The Morgan fingerprint density at radius 1 is 1.28 bits per heavy atom. The Hall–Kier alpha value is -3.05. The molecule has 2 aromatic rings. The number of carbonyl (C=O) groups excluding carboxylic acids is 1. The molecule has 3 heterocycles. The Bertz CT molecular complexity index is 968. The van der Waals surface area contributed by atoms with Gasteiger partial charge < -0.3 is 21.3 Å². The van der Waals surface area contributed by atoms with Crippen molar-refractivity contribution in [2.75, 3.05) is 34.9 Å². The van der Waals surface area contributed by atoms with E-state index in [0.717, 1.165) is 18.9 Å². The molecule has 0 spiro atoms. The first-order valence-electron chi connectivity index (χ1n) is 10.6. The van der Waals surface area contributed by atoms with E-state index in [4.69, 9.17) is 5.73 Å². The molecule has 1 amide bonds. The van der Waals surface area contributed by atoms with Gasteiger partial charge in [0.15, 0.2) is 11.5 Å². The minimum atomic E-state index is -4.50. The highest BCUT2D eigenvalue weighted by molar-refractivity contribution is 6.00. The van der Waals surface area contributed by atoms with Gasteiger partial charge in [-0.05, 0) is 25.7 Å². The normalized spacial score (nSPS) is 20.0. The monoisotopic (exact) mass is 454 g/mol. The fraction of sp³-hybridized carbons (Fsp3) is 0.600. The Morgan fingerprint density at radius 3 is 2.53 bits per heavy atom. The average Bonchev–Trinajstić information content (AvgIpc) is 3.03. The maximum Gasteiger partial charge on any atom is 0.435 e. The van der Waals surface area contributed by atoms with E-state index in [9.17, 15) is 18.0 Å². The summed E-state index contributed by atoms with van der Waals surface area (Å²) in [6, 6.07) is 0.966. The minimum absolute atomic E-state index is 0.00691. The van der Waals surface area contributed by atoms with Gasteiger partial charge in [0, 0.05) is 25.7 Å². The number of alkyl halides is 3. The maximum atomic E-state index is 12.7. The molecule has 0 bridgehead atoms. The van der Waals surface area contributed by atoms with E-state index in [1.807, 2.05) is 0 Å². The van der Waals surface area contributed by atoms with Crippen LogP contribution < -0.4 is 21.3 Å². The SMILES string of the molecule is CCC.Cc1nc(NC2CC(Cn3nc(C(F)(F)F)cc3N)C2)nc2c1NC(=O)CN2C. The lowest BCUT2D eigenvalue weighted by Gasteiger charge is -2.36. The van der Waals surface area contributed by atoms with E-state index in [-0.39, 0.29) is 30.2 Å². The van der Waals surface area contributed by atoms with Gasteiger partial charge in [-0.15, -0.1) is 0 Å². The molecule has 32 heavy (non-hydrogen) atoms. The first kappa shape index (κ1) is 23.6. The van der Waals surface area contributed by atoms with E-state index in [0.29, 0.717) is 29.7 Å². The number of rotatable bonds is 4. The zero-order valence-corrected chi connectivity index (χ0v) is 18.6. The van der Waals surface area contributed by atoms with Crippen LogP contribution in [0.4, 0.5) is 36.4 Å². The van der Waals surface area contributed by atoms with E-state index in [1.54, 1.807) is 18.9 Å². The molecule has 4 rings (SSSR count). The lowest BCUT2D eigenvalue weighted by atomic mass is 9.80. The first-order valence-corrected chi connectivity index (χ1v) is 10.6. The van der Waals surface area contributed by atoms with Crippen LogP contribution >= 0.6 is 0 Å². The summed E-state index contributed by atoms with van der Waals surface area (Å²) in [5.74, 6) is 1.18. The highest BCUT2D eigenvalue weighted by Crippen LogP contribution is 2.35. The van der Waals surface area contributed by atoms with Gasteiger partial charge in [-0.2, -0.15) is 23.3 Å². The smallest absolute Gasteiger partial charge is 0.384 e. The van der Waals surface area contributed by atoms with E-state index >= 15 is 0 Å². The molecule has 12 heteroatoms. The van der Waals surface area contributed by atoms with Gasteiger partial charge >= 0.3 is 6.18 Å². The van der Waals surface area contributed by atoms with Crippen LogP contribution in [0.15, 0.2) is 6.07 Å². The first-order chi connectivity index (χ1) is 15.0. The lowest BCUT2D eigenvalue weighted by molar-refractivity contribution is -0.141. The van der Waals surface area contributed by atoms with Gasteiger partial charge in [0.25, 0.3) is 0 Å². The molecule has 0 saturated heterocycles. The van der Waals surface area contributed by atoms with Gasteiger partial charge in [0.2, 0.25) is 11.9 Å². The second kappa shape index (κ2) is 9.21. The van der Waals surface area contributed by atoms with Gasteiger partial charge in [-0.25, -0.2) is 9.67 Å². The van der Waals surface area contributed by atoms with Gasteiger partial charge in [0.1, 0.15) is 11.5 Å². The lowest BCUT2D eigenvalue weighted by Crippen LogP contribution is -2.39. The molecule has 2 aromatic heterocycles. The van der Waals surface area contributed by atoms with Crippen LogP contribution in [0.25, 0.3) is 0 Å². The van der Waals surface area contributed by atoms with Crippen LogP contribution in [0, 0.1) is 12.8 Å². The van der Waals surface area contributed by atoms with Crippen molar-refractivity contribution in [1.82, 2.24) is 19.7 Å². The molecule has 0 unspecified atom stereocenters. The molecular weight excluding hydrogens is 425 g/mol. The summed E-state index contributed by atoms with van der Waals surface area (Å²) in [6.45, 7) is 6.60. The molecule has 176 valence electrons. The second-order valence-electron chi connectivity index (χ2n) is 8.26. The standard InChI is InChI=1S/C17H21F3N8O.C3H8/c1-8-14-15(27(2)7-13(29)24-14)25-16(22-8)23-10-3-9(4-10)6-28-12(21)5-11(26-28)17(18,19)20;1-3-2/h5,9-10H,3-4,6-7,21H2,1-2H3,(H,24,29)(H,22,23,25);3H2,1-2H3. The number of nitrogen functional groups attached to an aromatic ring is 1. The van der Waals surface area contributed by atoms with Crippen molar-refractivity contribution in [3.8, 4) is 0 Å². The van der Waals surface area contributed by atoms with Crippen molar-refractivity contribution in [3.63, 3.8) is 0 Å².